The molecule has 1 atom stereocenters. The number of benzene rings is 1. The molecule has 0 saturated carbocycles. The van der Waals surface area contributed by atoms with Crippen LogP contribution in [0.15, 0.2) is 24.3 Å². The van der Waals surface area contributed by atoms with Crippen LogP contribution in [-0.2, 0) is 4.79 Å². The number of carbonyl (C=O) groups excluding carboxylic acids is 1. The molecule has 0 bridgehead atoms. The molecule has 1 aromatic carbocycles. The molecule has 1 heterocycles. The summed E-state index contributed by atoms with van der Waals surface area (Å²) in [5.74, 6) is 1.46. The van der Waals surface area contributed by atoms with Crippen LogP contribution in [-0.4, -0.2) is 19.6 Å². The third kappa shape index (κ3) is 2.12. The lowest BCUT2D eigenvalue weighted by atomic mass is 9.91. The molecule has 80 valence electrons. The third-order valence-electron chi connectivity index (χ3n) is 2.84. The molecule has 1 fully saturated rings. The zero-order chi connectivity index (χ0) is 10.7. The number of piperidine rings is 1. The smallest absolute Gasteiger partial charge is 0.220 e. The van der Waals surface area contributed by atoms with Crippen LogP contribution in [0, 0.1) is 0 Å². The second-order valence-corrected chi connectivity index (χ2v) is 3.78. The normalized spacial score (nSPS) is 20.9. The highest BCUT2D eigenvalue weighted by molar-refractivity contribution is 5.77. The van der Waals surface area contributed by atoms with Gasteiger partial charge in [-0.3, -0.25) is 4.79 Å². The molecule has 1 saturated heterocycles. The number of rotatable bonds is 2. The number of para-hydroxylation sites is 1. The van der Waals surface area contributed by atoms with E-state index in [2.05, 4.69) is 11.4 Å². The van der Waals surface area contributed by atoms with Crippen LogP contribution >= 0.6 is 0 Å². The molecule has 1 N–H and O–H groups in total. The summed E-state index contributed by atoms with van der Waals surface area (Å²) in [7, 11) is 1.68. The van der Waals surface area contributed by atoms with Crippen molar-refractivity contribution in [2.45, 2.75) is 18.8 Å². The van der Waals surface area contributed by atoms with Gasteiger partial charge >= 0.3 is 0 Å². The molecular weight excluding hydrogens is 190 g/mol. The maximum Gasteiger partial charge on any atom is 0.220 e. The van der Waals surface area contributed by atoms with Gasteiger partial charge in [-0.25, -0.2) is 0 Å². The summed E-state index contributed by atoms with van der Waals surface area (Å²) in [6, 6.07) is 8.00. The lowest BCUT2D eigenvalue weighted by Crippen LogP contribution is -2.33. The van der Waals surface area contributed by atoms with E-state index in [1.165, 1.54) is 5.56 Å². The number of carbonyl (C=O) groups is 1. The zero-order valence-electron chi connectivity index (χ0n) is 8.82. The average molecular weight is 205 g/mol. The first-order chi connectivity index (χ1) is 7.31. The van der Waals surface area contributed by atoms with E-state index in [1.807, 2.05) is 18.2 Å². The predicted molar refractivity (Wildman–Crippen MR) is 58.0 cm³/mol. The number of hydrogen-bond acceptors (Lipinski definition) is 2. The van der Waals surface area contributed by atoms with Crippen LogP contribution in [0.1, 0.15) is 24.3 Å². The summed E-state index contributed by atoms with van der Waals surface area (Å²) in [6.45, 7) is 0.721. The summed E-state index contributed by atoms with van der Waals surface area (Å²) in [6.07, 6.45) is 1.52. The Morgan fingerprint density at radius 3 is 2.87 bits per heavy atom. The lowest BCUT2D eigenvalue weighted by Gasteiger charge is -2.24. The van der Waals surface area contributed by atoms with Crippen molar-refractivity contribution < 1.29 is 9.53 Å². The Balaban J connectivity index is 2.18. The van der Waals surface area contributed by atoms with Gasteiger partial charge in [0.1, 0.15) is 5.75 Å². The Morgan fingerprint density at radius 2 is 2.20 bits per heavy atom. The van der Waals surface area contributed by atoms with Gasteiger partial charge in [0, 0.05) is 18.9 Å². The van der Waals surface area contributed by atoms with E-state index < -0.39 is 0 Å². The number of methoxy groups -OCH3 is 1. The van der Waals surface area contributed by atoms with E-state index in [1.54, 1.807) is 7.11 Å². The van der Waals surface area contributed by atoms with Gasteiger partial charge in [-0.1, -0.05) is 18.2 Å². The average Bonchev–Trinajstić information content (AvgIpc) is 2.30. The molecule has 0 unspecified atom stereocenters. The monoisotopic (exact) mass is 205 g/mol. The minimum absolute atomic E-state index is 0.154. The van der Waals surface area contributed by atoms with Crippen molar-refractivity contribution in [2.75, 3.05) is 13.7 Å². The molecule has 1 aliphatic heterocycles. The van der Waals surface area contributed by atoms with Gasteiger partial charge in [-0.15, -0.1) is 0 Å². The van der Waals surface area contributed by atoms with Crippen LogP contribution < -0.4 is 10.1 Å². The maximum absolute atomic E-state index is 11.1. The Hall–Kier alpha value is -1.51. The molecule has 2 rings (SSSR count). The van der Waals surface area contributed by atoms with Gasteiger partial charge in [0.15, 0.2) is 0 Å². The molecule has 1 aliphatic rings. The maximum atomic E-state index is 11.1. The van der Waals surface area contributed by atoms with Gasteiger partial charge in [-0.2, -0.15) is 0 Å². The molecule has 1 aromatic rings. The number of ether oxygens (including phenoxy) is 1. The standard InChI is InChI=1S/C12H15NO2/c1-15-11-5-3-2-4-10(11)9-6-7-12(14)13-8-9/h2-5,9H,6-8H2,1H3,(H,13,14)/t9-/m0/s1. The molecule has 3 nitrogen and oxygen atoms in total. The highest BCUT2D eigenvalue weighted by Gasteiger charge is 2.21. The zero-order valence-corrected chi connectivity index (χ0v) is 8.82. The van der Waals surface area contributed by atoms with E-state index in [4.69, 9.17) is 4.74 Å². The second-order valence-electron chi connectivity index (χ2n) is 3.78. The van der Waals surface area contributed by atoms with E-state index in [9.17, 15) is 4.79 Å². The molecule has 0 radical (unpaired) electrons. The van der Waals surface area contributed by atoms with Crippen LogP contribution in [0.5, 0.6) is 5.75 Å². The fraction of sp³-hybridized carbons (Fsp3) is 0.417. The van der Waals surface area contributed by atoms with Gasteiger partial charge in [0.25, 0.3) is 0 Å². The SMILES string of the molecule is COc1ccccc1[C@H]1CCC(=O)NC1. The highest BCUT2D eigenvalue weighted by Crippen LogP contribution is 2.30. The van der Waals surface area contributed by atoms with Crippen molar-refractivity contribution in [3.05, 3.63) is 29.8 Å². The predicted octanol–water partition coefficient (Wildman–Crippen LogP) is 1.69. The summed E-state index contributed by atoms with van der Waals surface area (Å²) >= 11 is 0. The topological polar surface area (TPSA) is 38.3 Å². The van der Waals surface area contributed by atoms with Crippen molar-refractivity contribution in [1.82, 2.24) is 5.32 Å². The van der Waals surface area contributed by atoms with Crippen molar-refractivity contribution >= 4 is 5.91 Å². The van der Waals surface area contributed by atoms with Crippen molar-refractivity contribution in [3.63, 3.8) is 0 Å². The van der Waals surface area contributed by atoms with Crippen LogP contribution in [0.4, 0.5) is 0 Å². The van der Waals surface area contributed by atoms with Crippen LogP contribution in [0.2, 0.25) is 0 Å². The molecule has 3 heteroatoms. The Kier molecular flexibility index (Phi) is 2.90. The van der Waals surface area contributed by atoms with E-state index in [0.717, 1.165) is 18.7 Å². The Labute approximate surface area is 89.4 Å². The van der Waals surface area contributed by atoms with Crippen LogP contribution in [0.25, 0.3) is 0 Å². The molecular formula is C12H15NO2. The van der Waals surface area contributed by atoms with Crippen LogP contribution in [0.3, 0.4) is 0 Å². The van der Waals surface area contributed by atoms with Gasteiger partial charge < -0.3 is 10.1 Å². The fourth-order valence-corrected chi connectivity index (χ4v) is 2.00. The summed E-state index contributed by atoms with van der Waals surface area (Å²) in [5, 5.41) is 2.89. The first kappa shape index (κ1) is 10.0. The first-order valence-electron chi connectivity index (χ1n) is 5.21. The van der Waals surface area contributed by atoms with Crippen molar-refractivity contribution in [1.29, 1.82) is 0 Å². The number of hydrogen-bond donors (Lipinski definition) is 1. The minimum Gasteiger partial charge on any atom is -0.496 e. The number of nitrogens with one attached hydrogen (secondary N) is 1. The van der Waals surface area contributed by atoms with Gasteiger partial charge in [0.2, 0.25) is 5.91 Å². The largest absolute Gasteiger partial charge is 0.496 e. The van der Waals surface area contributed by atoms with E-state index in [-0.39, 0.29) is 5.91 Å². The van der Waals surface area contributed by atoms with E-state index in [0.29, 0.717) is 12.3 Å². The van der Waals surface area contributed by atoms with Gasteiger partial charge in [0.05, 0.1) is 7.11 Å². The molecule has 1 amide bonds. The molecule has 0 spiro atoms. The van der Waals surface area contributed by atoms with Crippen molar-refractivity contribution in [3.8, 4) is 5.75 Å². The summed E-state index contributed by atoms with van der Waals surface area (Å²) in [4.78, 5) is 11.1. The third-order valence-corrected chi connectivity index (χ3v) is 2.84. The Bertz CT molecular complexity index is 352. The van der Waals surface area contributed by atoms with Gasteiger partial charge in [-0.05, 0) is 18.1 Å². The first-order valence-corrected chi connectivity index (χ1v) is 5.21. The number of amides is 1. The molecule has 0 aliphatic carbocycles. The fourth-order valence-electron chi connectivity index (χ4n) is 2.00. The second kappa shape index (κ2) is 4.34. The van der Waals surface area contributed by atoms with Crippen molar-refractivity contribution in [2.24, 2.45) is 0 Å². The molecule has 15 heavy (non-hydrogen) atoms. The lowest BCUT2D eigenvalue weighted by molar-refractivity contribution is -0.122. The van der Waals surface area contributed by atoms with E-state index >= 15 is 0 Å². The Morgan fingerprint density at radius 1 is 1.40 bits per heavy atom. The quantitative estimate of drug-likeness (QED) is 0.797. The summed E-state index contributed by atoms with van der Waals surface area (Å²) in [5.41, 5.74) is 1.19. The molecule has 0 aromatic heterocycles. The summed E-state index contributed by atoms with van der Waals surface area (Å²) < 4.78 is 5.31. The highest BCUT2D eigenvalue weighted by atomic mass is 16.5. The minimum atomic E-state index is 0.154.